The number of aromatic hydroxyl groups is 1. The van der Waals surface area contributed by atoms with Crippen molar-refractivity contribution in [2.45, 2.75) is 13.0 Å². The summed E-state index contributed by atoms with van der Waals surface area (Å²) in [5, 5.41) is 15.7. The highest BCUT2D eigenvalue weighted by Crippen LogP contribution is 2.22. The molecule has 1 aromatic heterocycles. The number of benzene rings is 1. The first-order chi connectivity index (χ1) is 9.22. The molecule has 98 valence electrons. The summed E-state index contributed by atoms with van der Waals surface area (Å²) in [6, 6.07) is 6.81. The molecular weight excluding hydrogens is 242 g/mol. The lowest BCUT2D eigenvalue weighted by Gasteiger charge is -2.18. The van der Waals surface area contributed by atoms with E-state index in [1.165, 1.54) is 0 Å². The van der Waals surface area contributed by atoms with Gasteiger partial charge in [-0.3, -0.25) is 0 Å². The zero-order valence-corrected chi connectivity index (χ0v) is 10.3. The minimum absolute atomic E-state index is 0.195. The number of nitrogens with zero attached hydrogens (tertiary/aromatic N) is 2. The van der Waals surface area contributed by atoms with E-state index in [4.69, 9.17) is 5.73 Å². The van der Waals surface area contributed by atoms with Gasteiger partial charge in [-0.25, -0.2) is 4.98 Å². The van der Waals surface area contributed by atoms with E-state index in [1.54, 1.807) is 18.2 Å². The van der Waals surface area contributed by atoms with Gasteiger partial charge in [0.2, 0.25) is 5.95 Å². The Morgan fingerprint density at radius 1 is 1.32 bits per heavy atom. The van der Waals surface area contributed by atoms with Crippen LogP contribution in [0.4, 0.5) is 17.5 Å². The molecule has 0 bridgehead atoms. The average molecular weight is 257 g/mol. The lowest BCUT2D eigenvalue weighted by Crippen LogP contribution is -2.26. The molecule has 0 amide bonds. The van der Waals surface area contributed by atoms with Crippen molar-refractivity contribution in [3.05, 3.63) is 35.5 Å². The molecule has 1 aliphatic heterocycles. The zero-order valence-electron chi connectivity index (χ0n) is 10.3. The first kappa shape index (κ1) is 11.7. The second-order valence-corrected chi connectivity index (χ2v) is 4.46. The summed E-state index contributed by atoms with van der Waals surface area (Å²) in [5.41, 5.74) is 8.63. The van der Waals surface area contributed by atoms with Gasteiger partial charge in [0.05, 0.1) is 5.69 Å². The van der Waals surface area contributed by atoms with Crippen molar-refractivity contribution in [3.8, 4) is 5.75 Å². The SMILES string of the molecule is Nc1nc(Nc2cccc(O)c2)nc2c1CNCC2. The summed E-state index contributed by atoms with van der Waals surface area (Å²) in [6.45, 7) is 1.61. The number of rotatable bonds is 2. The van der Waals surface area contributed by atoms with Crippen LogP contribution in [-0.4, -0.2) is 21.6 Å². The first-order valence-electron chi connectivity index (χ1n) is 6.14. The Hall–Kier alpha value is -2.34. The van der Waals surface area contributed by atoms with E-state index >= 15 is 0 Å². The maximum absolute atomic E-state index is 9.42. The molecule has 2 heterocycles. The largest absolute Gasteiger partial charge is 0.508 e. The molecule has 0 saturated carbocycles. The van der Waals surface area contributed by atoms with Crippen LogP contribution in [-0.2, 0) is 13.0 Å². The Balaban J connectivity index is 1.91. The van der Waals surface area contributed by atoms with Crippen molar-refractivity contribution in [3.63, 3.8) is 0 Å². The minimum Gasteiger partial charge on any atom is -0.508 e. The van der Waals surface area contributed by atoms with Gasteiger partial charge in [-0.2, -0.15) is 4.98 Å². The monoisotopic (exact) mass is 257 g/mol. The normalized spacial score (nSPS) is 13.9. The second kappa shape index (κ2) is 4.74. The van der Waals surface area contributed by atoms with Crippen LogP contribution in [0.5, 0.6) is 5.75 Å². The number of hydrogen-bond acceptors (Lipinski definition) is 6. The minimum atomic E-state index is 0.195. The van der Waals surface area contributed by atoms with Gasteiger partial charge in [0.1, 0.15) is 11.6 Å². The van der Waals surface area contributed by atoms with Gasteiger partial charge in [-0.1, -0.05) is 6.07 Å². The molecule has 6 nitrogen and oxygen atoms in total. The van der Waals surface area contributed by atoms with Gasteiger partial charge in [0.25, 0.3) is 0 Å². The van der Waals surface area contributed by atoms with Crippen LogP contribution in [0.15, 0.2) is 24.3 Å². The van der Waals surface area contributed by atoms with Crippen molar-refractivity contribution in [2.75, 3.05) is 17.6 Å². The van der Waals surface area contributed by atoms with Gasteiger partial charge in [0, 0.05) is 36.8 Å². The molecule has 0 fully saturated rings. The number of phenols is 1. The fraction of sp³-hybridized carbons (Fsp3) is 0.231. The molecule has 2 aromatic rings. The molecule has 0 unspecified atom stereocenters. The standard InChI is InChI=1S/C13H15N5O/c14-12-10-7-15-5-4-11(10)17-13(18-12)16-8-2-1-3-9(19)6-8/h1-3,6,15,19H,4-5,7H2,(H3,14,16,17,18). The number of anilines is 3. The molecule has 1 aliphatic rings. The third kappa shape index (κ3) is 2.43. The molecule has 0 radical (unpaired) electrons. The lowest BCUT2D eigenvalue weighted by molar-refractivity contribution is 0.475. The van der Waals surface area contributed by atoms with E-state index in [1.807, 2.05) is 6.07 Å². The van der Waals surface area contributed by atoms with Crippen LogP contribution in [0, 0.1) is 0 Å². The van der Waals surface area contributed by atoms with Crippen molar-refractivity contribution in [2.24, 2.45) is 0 Å². The van der Waals surface area contributed by atoms with E-state index < -0.39 is 0 Å². The Labute approximate surface area is 110 Å². The Bertz CT molecular complexity index is 614. The smallest absolute Gasteiger partial charge is 0.229 e. The number of fused-ring (bicyclic) bond motifs is 1. The van der Waals surface area contributed by atoms with Gasteiger partial charge < -0.3 is 21.5 Å². The summed E-state index contributed by atoms with van der Waals surface area (Å²) < 4.78 is 0. The van der Waals surface area contributed by atoms with Crippen molar-refractivity contribution >= 4 is 17.5 Å². The Morgan fingerprint density at radius 3 is 3.05 bits per heavy atom. The molecule has 0 spiro atoms. The molecule has 0 aliphatic carbocycles. The van der Waals surface area contributed by atoms with Crippen molar-refractivity contribution in [1.29, 1.82) is 0 Å². The summed E-state index contributed by atoms with van der Waals surface area (Å²) in [4.78, 5) is 8.72. The first-order valence-corrected chi connectivity index (χ1v) is 6.14. The van der Waals surface area contributed by atoms with Gasteiger partial charge in [0.15, 0.2) is 0 Å². The van der Waals surface area contributed by atoms with Crippen LogP contribution in [0.3, 0.4) is 0 Å². The van der Waals surface area contributed by atoms with Gasteiger partial charge in [-0.05, 0) is 12.1 Å². The summed E-state index contributed by atoms with van der Waals surface area (Å²) in [5.74, 6) is 1.16. The molecular formula is C13H15N5O. The summed E-state index contributed by atoms with van der Waals surface area (Å²) >= 11 is 0. The van der Waals surface area contributed by atoms with Crippen LogP contribution >= 0.6 is 0 Å². The Kier molecular flexibility index (Phi) is 2.92. The molecule has 6 heteroatoms. The quantitative estimate of drug-likeness (QED) is 0.644. The van der Waals surface area contributed by atoms with Crippen LogP contribution in [0.25, 0.3) is 0 Å². The fourth-order valence-electron chi connectivity index (χ4n) is 2.14. The molecule has 19 heavy (non-hydrogen) atoms. The third-order valence-electron chi connectivity index (χ3n) is 3.07. The van der Waals surface area contributed by atoms with Gasteiger partial charge >= 0.3 is 0 Å². The van der Waals surface area contributed by atoms with Crippen molar-refractivity contribution < 1.29 is 5.11 Å². The molecule has 0 saturated heterocycles. The summed E-state index contributed by atoms with van der Waals surface area (Å²) in [6.07, 6.45) is 0.844. The predicted molar refractivity (Wildman–Crippen MR) is 73.2 cm³/mol. The number of phenolic OH excluding ortho intramolecular Hbond substituents is 1. The zero-order chi connectivity index (χ0) is 13.2. The number of nitrogen functional groups attached to an aromatic ring is 1. The van der Waals surface area contributed by atoms with E-state index in [-0.39, 0.29) is 5.75 Å². The van der Waals surface area contributed by atoms with Gasteiger partial charge in [-0.15, -0.1) is 0 Å². The van der Waals surface area contributed by atoms with Crippen LogP contribution < -0.4 is 16.4 Å². The fourth-order valence-corrected chi connectivity index (χ4v) is 2.14. The topological polar surface area (TPSA) is 96.1 Å². The second-order valence-electron chi connectivity index (χ2n) is 4.46. The van der Waals surface area contributed by atoms with E-state index in [9.17, 15) is 5.11 Å². The van der Waals surface area contributed by atoms with Crippen LogP contribution in [0.1, 0.15) is 11.3 Å². The lowest BCUT2D eigenvalue weighted by atomic mass is 10.1. The Morgan fingerprint density at radius 2 is 2.21 bits per heavy atom. The summed E-state index contributed by atoms with van der Waals surface area (Å²) in [7, 11) is 0. The number of hydrogen-bond donors (Lipinski definition) is 4. The number of nitrogens with one attached hydrogen (secondary N) is 2. The highest BCUT2D eigenvalue weighted by atomic mass is 16.3. The average Bonchev–Trinajstić information content (AvgIpc) is 2.39. The third-order valence-corrected chi connectivity index (χ3v) is 3.07. The van der Waals surface area contributed by atoms with E-state index in [2.05, 4.69) is 20.6 Å². The number of nitrogens with two attached hydrogens (primary N) is 1. The predicted octanol–water partition coefficient (Wildman–Crippen LogP) is 1.15. The molecule has 0 atom stereocenters. The van der Waals surface area contributed by atoms with Crippen molar-refractivity contribution in [1.82, 2.24) is 15.3 Å². The molecule has 3 rings (SSSR count). The highest BCUT2D eigenvalue weighted by Gasteiger charge is 2.15. The van der Waals surface area contributed by atoms with Crippen LogP contribution in [0.2, 0.25) is 0 Å². The molecule has 1 aromatic carbocycles. The van der Waals surface area contributed by atoms with E-state index in [0.717, 1.165) is 29.9 Å². The number of aromatic nitrogens is 2. The highest BCUT2D eigenvalue weighted by molar-refractivity contribution is 5.58. The maximum atomic E-state index is 9.42. The molecule has 5 N–H and O–H groups in total. The maximum Gasteiger partial charge on any atom is 0.229 e. The van der Waals surface area contributed by atoms with E-state index in [0.29, 0.717) is 18.3 Å².